The maximum Gasteiger partial charge on any atom is 0.269 e. The summed E-state index contributed by atoms with van der Waals surface area (Å²) >= 11 is 0. The fraction of sp³-hybridized carbons (Fsp3) is 0.188. The van der Waals surface area contributed by atoms with E-state index in [1.807, 2.05) is 48.5 Å². The van der Waals surface area contributed by atoms with E-state index in [1.54, 1.807) is 7.11 Å². The molecule has 0 aliphatic heterocycles. The number of ether oxygens (including phenoxy) is 1. The van der Waals surface area contributed by atoms with Gasteiger partial charge in [-0.2, -0.15) is 0 Å². The summed E-state index contributed by atoms with van der Waals surface area (Å²) in [7, 11) is 1.62. The molecule has 2 aromatic rings. The first-order chi connectivity index (χ1) is 9.72. The predicted octanol–water partition coefficient (Wildman–Crippen LogP) is 3.01. The smallest absolute Gasteiger partial charge is 0.269 e. The minimum absolute atomic E-state index is 0.163. The number of benzene rings is 2. The van der Waals surface area contributed by atoms with Gasteiger partial charge in [-0.1, -0.05) is 19.1 Å². The van der Waals surface area contributed by atoms with E-state index in [0.717, 1.165) is 17.9 Å². The molecule has 0 radical (unpaired) electrons. The highest BCUT2D eigenvalue weighted by Gasteiger charge is 2.04. The molecule has 0 saturated heterocycles. The number of rotatable bonds is 5. The molecule has 0 aliphatic rings. The van der Waals surface area contributed by atoms with Crippen LogP contribution < -0.4 is 15.6 Å². The molecule has 1 amide bonds. The summed E-state index contributed by atoms with van der Waals surface area (Å²) in [5.41, 5.74) is 8.16. The lowest BCUT2D eigenvalue weighted by molar-refractivity contribution is 0.0962. The second kappa shape index (κ2) is 6.61. The molecule has 0 unspecified atom stereocenters. The van der Waals surface area contributed by atoms with E-state index in [4.69, 9.17) is 4.74 Å². The first-order valence-corrected chi connectivity index (χ1v) is 6.52. The van der Waals surface area contributed by atoms with E-state index in [1.165, 1.54) is 5.56 Å². The number of amides is 1. The van der Waals surface area contributed by atoms with E-state index >= 15 is 0 Å². The Labute approximate surface area is 118 Å². The third-order valence-electron chi connectivity index (χ3n) is 3.03. The topological polar surface area (TPSA) is 50.4 Å². The Morgan fingerprint density at radius 2 is 1.70 bits per heavy atom. The standard InChI is InChI=1S/C16H18N2O2/c1-3-12-4-6-13(7-5-12)16(19)18-17-14-8-10-15(20-2)11-9-14/h4-11,17H,3H2,1-2H3,(H,18,19). The molecule has 2 rings (SSSR count). The van der Waals surface area contributed by atoms with Crippen LogP contribution in [0.3, 0.4) is 0 Å². The molecule has 4 nitrogen and oxygen atoms in total. The quantitative estimate of drug-likeness (QED) is 0.821. The van der Waals surface area contributed by atoms with Crippen molar-refractivity contribution in [1.29, 1.82) is 0 Å². The highest BCUT2D eigenvalue weighted by Crippen LogP contribution is 2.14. The van der Waals surface area contributed by atoms with Crippen LogP contribution in [0.2, 0.25) is 0 Å². The minimum atomic E-state index is -0.163. The number of methoxy groups -OCH3 is 1. The summed E-state index contributed by atoms with van der Waals surface area (Å²) in [6, 6.07) is 14.9. The highest BCUT2D eigenvalue weighted by molar-refractivity contribution is 5.94. The van der Waals surface area contributed by atoms with Gasteiger partial charge in [0.05, 0.1) is 12.8 Å². The Balaban J connectivity index is 1.93. The fourth-order valence-corrected chi connectivity index (χ4v) is 1.77. The van der Waals surface area contributed by atoms with Crippen molar-refractivity contribution in [2.45, 2.75) is 13.3 Å². The average Bonchev–Trinajstić information content (AvgIpc) is 2.53. The number of hydrazine groups is 1. The lowest BCUT2D eigenvalue weighted by atomic mass is 10.1. The van der Waals surface area contributed by atoms with Gasteiger partial charge in [0.1, 0.15) is 5.75 Å². The second-order valence-corrected chi connectivity index (χ2v) is 4.36. The molecule has 0 saturated carbocycles. The van der Waals surface area contributed by atoms with Gasteiger partial charge in [-0.15, -0.1) is 0 Å². The molecule has 0 aliphatic carbocycles. The van der Waals surface area contributed by atoms with Gasteiger partial charge in [0, 0.05) is 5.56 Å². The van der Waals surface area contributed by atoms with Gasteiger partial charge in [-0.3, -0.25) is 15.6 Å². The van der Waals surface area contributed by atoms with Crippen molar-refractivity contribution < 1.29 is 9.53 Å². The largest absolute Gasteiger partial charge is 0.497 e. The molecule has 20 heavy (non-hydrogen) atoms. The lowest BCUT2D eigenvalue weighted by Gasteiger charge is -2.09. The number of carbonyl (C=O) groups excluding carboxylic acids is 1. The summed E-state index contributed by atoms with van der Waals surface area (Å²) in [5.74, 6) is 0.612. The van der Waals surface area contributed by atoms with Crippen LogP contribution in [-0.2, 0) is 6.42 Å². The van der Waals surface area contributed by atoms with E-state index < -0.39 is 0 Å². The van der Waals surface area contributed by atoms with Crippen molar-refractivity contribution in [2.24, 2.45) is 0 Å². The predicted molar refractivity (Wildman–Crippen MR) is 79.9 cm³/mol. The third-order valence-corrected chi connectivity index (χ3v) is 3.03. The van der Waals surface area contributed by atoms with Crippen molar-refractivity contribution in [3.05, 3.63) is 59.7 Å². The molecule has 0 fully saturated rings. The minimum Gasteiger partial charge on any atom is -0.497 e. The number of hydrogen-bond donors (Lipinski definition) is 2. The molecule has 0 spiro atoms. The maximum absolute atomic E-state index is 11.9. The Morgan fingerprint density at radius 3 is 2.25 bits per heavy atom. The van der Waals surface area contributed by atoms with Gasteiger partial charge in [0.15, 0.2) is 0 Å². The van der Waals surface area contributed by atoms with Gasteiger partial charge in [0.25, 0.3) is 5.91 Å². The molecule has 0 bridgehead atoms. The van der Waals surface area contributed by atoms with Crippen molar-refractivity contribution >= 4 is 11.6 Å². The SMILES string of the molecule is CCc1ccc(C(=O)NNc2ccc(OC)cc2)cc1. The van der Waals surface area contributed by atoms with Gasteiger partial charge >= 0.3 is 0 Å². The summed E-state index contributed by atoms with van der Waals surface area (Å²) < 4.78 is 5.07. The van der Waals surface area contributed by atoms with Gasteiger partial charge in [-0.05, 0) is 48.4 Å². The van der Waals surface area contributed by atoms with Crippen LogP contribution >= 0.6 is 0 Å². The van der Waals surface area contributed by atoms with Crippen LogP contribution in [0.15, 0.2) is 48.5 Å². The monoisotopic (exact) mass is 270 g/mol. The van der Waals surface area contributed by atoms with Crippen LogP contribution in [0.25, 0.3) is 0 Å². The Morgan fingerprint density at radius 1 is 1.05 bits per heavy atom. The van der Waals surface area contributed by atoms with Crippen molar-refractivity contribution in [3.63, 3.8) is 0 Å². The molecule has 0 atom stereocenters. The molecular formula is C16H18N2O2. The maximum atomic E-state index is 11.9. The van der Waals surface area contributed by atoms with Gasteiger partial charge in [-0.25, -0.2) is 0 Å². The van der Waals surface area contributed by atoms with Gasteiger partial charge < -0.3 is 4.74 Å². The van der Waals surface area contributed by atoms with Crippen molar-refractivity contribution in [2.75, 3.05) is 12.5 Å². The van der Waals surface area contributed by atoms with Crippen molar-refractivity contribution in [3.8, 4) is 5.75 Å². The van der Waals surface area contributed by atoms with Crippen LogP contribution in [0.1, 0.15) is 22.8 Å². The Kier molecular flexibility index (Phi) is 4.60. The summed E-state index contributed by atoms with van der Waals surface area (Å²) in [4.78, 5) is 11.9. The Bertz CT molecular complexity index is 562. The molecule has 4 heteroatoms. The first kappa shape index (κ1) is 13.9. The van der Waals surface area contributed by atoms with Crippen LogP contribution in [0.5, 0.6) is 5.75 Å². The molecule has 104 valence electrons. The van der Waals surface area contributed by atoms with E-state index in [2.05, 4.69) is 17.8 Å². The number of anilines is 1. The van der Waals surface area contributed by atoms with E-state index in [9.17, 15) is 4.79 Å². The molecule has 0 aromatic heterocycles. The van der Waals surface area contributed by atoms with Crippen LogP contribution in [0.4, 0.5) is 5.69 Å². The molecular weight excluding hydrogens is 252 g/mol. The molecule has 0 heterocycles. The first-order valence-electron chi connectivity index (χ1n) is 6.52. The van der Waals surface area contributed by atoms with E-state index in [0.29, 0.717) is 5.56 Å². The number of aryl methyl sites for hydroxylation is 1. The number of hydrogen-bond acceptors (Lipinski definition) is 3. The van der Waals surface area contributed by atoms with Crippen molar-refractivity contribution in [1.82, 2.24) is 5.43 Å². The second-order valence-electron chi connectivity index (χ2n) is 4.36. The zero-order valence-corrected chi connectivity index (χ0v) is 11.6. The Hall–Kier alpha value is -2.49. The van der Waals surface area contributed by atoms with Gasteiger partial charge in [0.2, 0.25) is 0 Å². The lowest BCUT2D eigenvalue weighted by Crippen LogP contribution is -2.29. The number of carbonyl (C=O) groups is 1. The average molecular weight is 270 g/mol. The van der Waals surface area contributed by atoms with Crippen LogP contribution in [-0.4, -0.2) is 13.0 Å². The summed E-state index contributed by atoms with van der Waals surface area (Å²) in [6.45, 7) is 2.08. The van der Waals surface area contributed by atoms with E-state index in [-0.39, 0.29) is 5.91 Å². The third kappa shape index (κ3) is 3.51. The molecule has 2 aromatic carbocycles. The van der Waals surface area contributed by atoms with Crippen LogP contribution in [0, 0.1) is 0 Å². The summed E-state index contributed by atoms with van der Waals surface area (Å²) in [5, 5.41) is 0. The number of nitrogens with one attached hydrogen (secondary N) is 2. The fourth-order valence-electron chi connectivity index (χ4n) is 1.77. The summed E-state index contributed by atoms with van der Waals surface area (Å²) in [6.07, 6.45) is 0.964. The normalized spacial score (nSPS) is 9.90. The highest BCUT2D eigenvalue weighted by atomic mass is 16.5. The zero-order chi connectivity index (χ0) is 14.4. The zero-order valence-electron chi connectivity index (χ0n) is 11.6. The molecule has 2 N–H and O–H groups in total.